The van der Waals surface area contributed by atoms with Gasteiger partial charge in [-0.25, -0.2) is 0 Å². The maximum Gasteiger partial charge on any atom is 0.124 e. The highest BCUT2D eigenvalue weighted by atomic mass is 16.5. The molecule has 108 valence electrons. The number of benzene rings is 2. The molecular weight excluding hydrogens is 250 g/mol. The molecule has 0 aliphatic carbocycles. The van der Waals surface area contributed by atoms with Gasteiger partial charge in [0.25, 0.3) is 0 Å². The van der Waals surface area contributed by atoms with Crippen LogP contribution in [-0.2, 0) is 11.3 Å². The van der Waals surface area contributed by atoms with Crippen LogP contribution in [0.2, 0.25) is 0 Å². The molecule has 0 spiro atoms. The van der Waals surface area contributed by atoms with Gasteiger partial charge in [0.2, 0.25) is 0 Å². The molecular formula is C17H23NO2. The highest BCUT2D eigenvalue weighted by molar-refractivity contribution is 5.87. The summed E-state index contributed by atoms with van der Waals surface area (Å²) < 4.78 is 10.9. The first kappa shape index (κ1) is 14.8. The molecule has 0 bridgehead atoms. The number of rotatable bonds is 8. The van der Waals surface area contributed by atoms with Crippen molar-refractivity contribution in [3.8, 4) is 5.75 Å². The molecule has 20 heavy (non-hydrogen) atoms. The van der Waals surface area contributed by atoms with Crippen molar-refractivity contribution in [2.45, 2.75) is 19.9 Å². The number of fused-ring (bicyclic) bond motifs is 1. The molecule has 2 aromatic carbocycles. The highest BCUT2D eigenvalue weighted by Crippen LogP contribution is 2.28. The van der Waals surface area contributed by atoms with Gasteiger partial charge in [-0.1, -0.05) is 37.3 Å². The van der Waals surface area contributed by atoms with Gasteiger partial charge >= 0.3 is 0 Å². The summed E-state index contributed by atoms with van der Waals surface area (Å²) >= 11 is 0. The molecule has 0 aliphatic heterocycles. The van der Waals surface area contributed by atoms with E-state index in [1.54, 1.807) is 7.11 Å². The second-order valence-electron chi connectivity index (χ2n) is 4.78. The van der Waals surface area contributed by atoms with Gasteiger partial charge in [-0.3, -0.25) is 0 Å². The van der Waals surface area contributed by atoms with E-state index in [0.717, 1.165) is 38.5 Å². The molecule has 0 saturated carbocycles. The fourth-order valence-corrected chi connectivity index (χ4v) is 2.23. The summed E-state index contributed by atoms with van der Waals surface area (Å²) in [5.74, 6) is 0.982. The van der Waals surface area contributed by atoms with Gasteiger partial charge in [0.15, 0.2) is 0 Å². The second-order valence-corrected chi connectivity index (χ2v) is 4.78. The SMILES string of the molecule is CCCOc1ccc2ccccc2c1CNCCOC. The van der Waals surface area contributed by atoms with Gasteiger partial charge in [-0.2, -0.15) is 0 Å². The standard InChI is InChI=1S/C17H23NO2/c1-3-11-20-17-9-8-14-6-4-5-7-15(14)16(17)13-18-10-12-19-2/h4-9,18H,3,10-13H2,1-2H3. The minimum absolute atomic E-state index is 0.718. The van der Waals surface area contributed by atoms with E-state index in [0.29, 0.717) is 0 Å². The van der Waals surface area contributed by atoms with Gasteiger partial charge < -0.3 is 14.8 Å². The highest BCUT2D eigenvalue weighted by Gasteiger charge is 2.08. The van der Waals surface area contributed by atoms with E-state index in [1.807, 2.05) is 0 Å². The lowest BCUT2D eigenvalue weighted by Crippen LogP contribution is -2.19. The average Bonchev–Trinajstić information content (AvgIpc) is 2.50. The number of hydrogen-bond acceptors (Lipinski definition) is 3. The van der Waals surface area contributed by atoms with Crippen LogP contribution >= 0.6 is 0 Å². The summed E-state index contributed by atoms with van der Waals surface area (Å²) in [5.41, 5.74) is 1.23. The van der Waals surface area contributed by atoms with Crippen LogP contribution in [0.4, 0.5) is 0 Å². The van der Waals surface area contributed by atoms with Crippen molar-refractivity contribution < 1.29 is 9.47 Å². The molecule has 2 rings (SSSR count). The van der Waals surface area contributed by atoms with E-state index < -0.39 is 0 Å². The fourth-order valence-electron chi connectivity index (χ4n) is 2.23. The van der Waals surface area contributed by atoms with Gasteiger partial charge in [0, 0.05) is 25.8 Å². The molecule has 0 heterocycles. The Morgan fingerprint density at radius 2 is 1.90 bits per heavy atom. The molecule has 0 aliphatic rings. The Balaban J connectivity index is 2.24. The van der Waals surface area contributed by atoms with Gasteiger partial charge in [0.05, 0.1) is 13.2 Å². The molecule has 3 heteroatoms. The summed E-state index contributed by atoms with van der Waals surface area (Å²) in [6.07, 6.45) is 1.02. The monoisotopic (exact) mass is 273 g/mol. The van der Waals surface area contributed by atoms with Crippen LogP contribution in [0.15, 0.2) is 36.4 Å². The van der Waals surface area contributed by atoms with E-state index in [-0.39, 0.29) is 0 Å². The molecule has 0 fully saturated rings. The van der Waals surface area contributed by atoms with Crippen LogP contribution < -0.4 is 10.1 Å². The third-order valence-electron chi connectivity index (χ3n) is 3.24. The number of hydrogen-bond donors (Lipinski definition) is 1. The van der Waals surface area contributed by atoms with Crippen LogP contribution in [0.1, 0.15) is 18.9 Å². The van der Waals surface area contributed by atoms with Crippen LogP contribution in [0.5, 0.6) is 5.75 Å². The maximum absolute atomic E-state index is 5.88. The quantitative estimate of drug-likeness (QED) is 0.748. The minimum Gasteiger partial charge on any atom is -0.493 e. The summed E-state index contributed by atoms with van der Waals surface area (Å²) in [4.78, 5) is 0. The summed E-state index contributed by atoms with van der Waals surface area (Å²) in [7, 11) is 1.72. The summed E-state index contributed by atoms with van der Waals surface area (Å²) in [6.45, 7) is 5.23. The third kappa shape index (κ3) is 3.71. The van der Waals surface area contributed by atoms with E-state index in [2.05, 4.69) is 48.6 Å². The number of nitrogens with one attached hydrogen (secondary N) is 1. The topological polar surface area (TPSA) is 30.5 Å². The molecule has 0 unspecified atom stereocenters. The molecule has 1 N–H and O–H groups in total. The van der Waals surface area contributed by atoms with Crippen LogP contribution in [0.25, 0.3) is 10.8 Å². The summed E-state index contributed by atoms with van der Waals surface area (Å²) in [5, 5.41) is 5.91. The van der Waals surface area contributed by atoms with Gasteiger partial charge in [-0.15, -0.1) is 0 Å². The first-order valence-corrected chi connectivity index (χ1v) is 7.20. The van der Waals surface area contributed by atoms with E-state index in [1.165, 1.54) is 16.3 Å². The predicted octanol–water partition coefficient (Wildman–Crippen LogP) is 3.36. The summed E-state index contributed by atoms with van der Waals surface area (Å²) in [6, 6.07) is 12.6. The Labute approximate surface area is 120 Å². The first-order valence-electron chi connectivity index (χ1n) is 7.20. The van der Waals surface area contributed by atoms with E-state index in [9.17, 15) is 0 Å². The van der Waals surface area contributed by atoms with Crippen LogP contribution in [0.3, 0.4) is 0 Å². The zero-order valence-corrected chi connectivity index (χ0v) is 12.3. The lowest BCUT2D eigenvalue weighted by Gasteiger charge is -2.14. The Morgan fingerprint density at radius 3 is 2.70 bits per heavy atom. The van der Waals surface area contributed by atoms with Crippen molar-refractivity contribution in [2.24, 2.45) is 0 Å². The minimum atomic E-state index is 0.718. The third-order valence-corrected chi connectivity index (χ3v) is 3.24. The van der Waals surface area contributed by atoms with E-state index >= 15 is 0 Å². The van der Waals surface area contributed by atoms with Crippen molar-refractivity contribution in [3.63, 3.8) is 0 Å². The lowest BCUT2D eigenvalue weighted by molar-refractivity contribution is 0.199. The number of ether oxygens (including phenoxy) is 2. The van der Waals surface area contributed by atoms with Crippen LogP contribution in [-0.4, -0.2) is 26.9 Å². The van der Waals surface area contributed by atoms with Gasteiger partial charge in [-0.05, 0) is 23.3 Å². The molecule has 0 radical (unpaired) electrons. The second kappa shape index (κ2) is 7.88. The molecule has 0 saturated heterocycles. The van der Waals surface area contributed by atoms with Crippen molar-refractivity contribution >= 4 is 10.8 Å². The largest absolute Gasteiger partial charge is 0.493 e. The van der Waals surface area contributed by atoms with Crippen molar-refractivity contribution in [1.29, 1.82) is 0 Å². The Hall–Kier alpha value is -1.58. The zero-order valence-electron chi connectivity index (χ0n) is 12.3. The smallest absolute Gasteiger partial charge is 0.124 e. The Kier molecular flexibility index (Phi) is 5.84. The van der Waals surface area contributed by atoms with Gasteiger partial charge in [0.1, 0.15) is 5.75 Å². The normalized spacial score (nSPS) is 10.9. The number of methoxy groups -OCH3 is 1. The first-order chi connectivity index (χ1) is 9.86. The Bertz CT molecular complexity index is 540. The van der Waals surface area contributed by atoms with Crippen molar-refractivity contribution in [2.75, 3.05) is 26.9 Å². The predicted molar refractivity (Wildman–Crippen MR) is 83.3 cm³/mol. The van der Waals surface area contributed by atoms with Crippen molar-refractivity contribution in [1.82, 2.24) is 5.32 Å². The maximum atomic E-state index is 5.88. The van der Waals surface area contributed by atoms with Crippen LogP contribution in [0, 0.1) is 0 Å². The average molecular weight is 273 g/mol. The lowest BCUT2D eigenvalue weighted by atomic mass is 10.0. The van der Waals surface area contributed by atoms with E-state index in [4.69, 9.17) is 9.47 Å². The fraction of sp³-hybridized carbons (Fsp3) is 0.412. The Morgan fingerprint density at radius 1 is 1.05 bits per heavy atom. The zero-order chi connectivity index (χ0) is 14.2. The molecule has 3 nitrogen and oxygen atoms in total. The molecule has 2 aromatic rings. The van der Waals surface area contributed by atoms with Crippen molar-refractivity contribution in [3.05, 3.63) is 42.0 Å². The molecule has 0 amide bonds. The molecule has 0 aromatic heterocycles. The molecule has 0 atom stereocenters.